The number of hydrogen-bond donors (Lipinski definition) is 1. The summed E-state index contributed by atoms with van der Waals surface area (Å²) in [5.41, 5.74) is -0.740. The molecule has 0 aliphatic heterocycles. The summed E-state index contributed by atoms with van der Waals surface area (Å²) in [6, 6.07) is 0. The zero-order valence-corrected chi connectivity index (χ0v) is 10.3. The van der Waals surface area contributed by atoms with Crippen LogP contribution >= 0.6 is 0 Å². The van der Waals surface area contributed by atoms with Gasteiger partial charge in [-0.25, -0.2) is 9.98 Å². The van der Waals surface area contributed by atoms with Gasteiger partial charge in [-0.2, -0.15) is 13.2 Å². The van der Waals surface area contributed by atoms with Crippen LogP contribution in [-0.4, -0.2) is 30.1 Å². The van der Waals surface area contributed by atoms with E-state index in [1.54, 1.807) is 0 Å². The van der Waals surface area contributed by atoms with Crippen LogP contribution in [0.1, 0.15) is 6.92 Å². The normalized spacial score (nSPS) is 14.6. The van der Waals surface area contributed by atoms with E-state index in [1.165, 1.54) is 6.92 Å². The summed E-state index contributed by atoms with van der Waals surface area (Å²) in [5, 5.41) is 8.41. The van der Waals surface area contributed by atoms with Crippen molar-refractivity contribution in [3.05, 3.63) is 36.0 Å². The van der Waals surface area contributed by atoms with E-state index in [1.807, 2.05) is 0 Å². The lowest BCUT2D eigenvalue weighted by Crippen LogP contribution is -2.11. The molecule has 1 N–H and O–H groups in total. The van der Waals surface area contributed by atoms with Gasteiger partial charge >= 0.3 is 6.18 Å². The Labute approximate surface area is 109 Å². The number of nitrogens with zero attached hydrogens (tertiary/aromatic N) is 2. The summed E-state index contributed by atoms with van der Waals surface area (Å²) in [7, 11) is 0. The summed E-state index contributed by atoms with van der Waals surface area (Å²) in [6.45, 7) is 4.14. The van der Waals surface area contributed by atoms with Gasteiger partial charge in [-0.3, -0.25) is 0 Å². The molecule has 3 nitrogen and oxygen atoms in total. The summed E-state index contributed by atoms with van der Waals surface area (Å²) in [5.74, 6) is 2.15. The Balaban J connectivity index is 5.41. The quantitative estimate of drug-likeness (QED) is 0.355. The molecule has 6 heteroatoms. The van der Waals surface area contributed by atoms with E-state index in [0.29, 0.717) is 0 Å². The fourth-order valence-corrected chi connectivity index (χ4v) is 1.04. The lowest BCUT2D eigenvalue weighted by Gasteiger charge is -2.08. The number of halogens is 3. The van der Waals surface area contributed by atoms with Gasteiger partial charge in [0.15, 0.2) is 0 Å². The minimum absolute atomic E-state index is 0.00332. The largest absolute Gasteiger partial charge is 0.416 e. The van der Waals surface area contributed by atoms with Crippen LogP contribution in [0.25, 0.3) is 0 Å². The third kappa shape index (κ3) is 6.38. The molecule has 0 spiro atoms. The Morgan fingerprint density at radius 1 is 1.47 bits per heavy atom. The number of hydrogen-bond acceptors (Lipinski definition) is 2. The molecule has 0 aromatic heterocycles. The number of allylic oxidation sites excluding steroid dienone is 5. The van der Waals surface area contributed by atoms with Crippen LogP contribution in [0.2, 0.25) is 0 Å². The van der Waals surface area contributed by atoms with Gasteiger partial charge in [0.25, 0.3) is 0 Å². The Morgan fingerprint density at radius 3 is 2.53 bits per heavy atom. The van der Waals surface area contributed by atoms with Gasteiger partial charge in [-0.1, -0.05) is 18.7 Å². The molecular weight excluding hydrogens is 257 g/mol. The van der Waals surface area contributed by atoms with Crippen molar-refractivity contribution < 1.29 is 18.3 Å². The minimum atomic E-state index is -4.51. The standard InChI is InChI=1S/C13H13F3N2O/c1-4-6-11(13(14,15)16)7-10(3)12(5-2)18-8-17-9-19/h2,4,6-8,19H,1,9H2,3H3/b10-7+,11-6+,17-8?,18-12?. The van der Waals surface area contributed by atoms with Crippen molar-refractivity contribution in [2.45, 2.75) is 13.1 Å². The highest BCUT2D eigenvalue weighted by Gasteiger charge is 2.31. The summed E-state index contributed by atoms with van der Waals surface area (Å²) < 4.78 is 37.9. The second-order valence-electron chi connectivity index (χ2n) is 3.24. The van der Waals surface area contributed by atoms with Crippen molar-refractivity contribution >= 4 is 12.1 Å². The second-order valence-corrected chi connectivity index (χ2v) is 3.24. The van der Waals surface area contributed by atoms with E-state index in [0.717, 1.165) is 24.6 Å². The first-order valence-electron chi connectivity index (χ1n) is 5.09. The number of aliphatic hydroxyl groups excluding tert-OH is 1. The highest BCUT2D eigenvalue weighted by Crippen LogP contribution is 2.27. The van der Waals surface area contributed by atoms with Gasteiger partial charge in [-0.05, 0) is 24.5 Å². The molecule has 0 atom stereocenters. The molecule has 0 amide bonds. The van der Waals surface area contributed by atoms with Gasteiger partial charge in [0.05, 0.1) is 5.57 Å². The lowest BCUT2D eigenvalue weighted by atomic mass is 10.1. The maximum absolute atomic E-state index is 12.6. The van der Waals surface area contributed by atoms with Gasteiger partial charge in [0, 0.05) is 0 Å². The van der Waals surface area contributed by atoms with Crippen molar-refractivity contribution in [1.82, 2.24) is 0 Å². The van der Waals surface area contributed by atoms with Crippen molar-refractivity contribution in [3.8, 4) is 12.3 Å². The van der Waals surface area contributed by atoms with Gasteiger partial charge in [0.2, 0.25) is 0 Å². The number of terminal acetylenes is 1. The molecule has 0 aromatic carbocycles. The molecule has 0 heterocycles. The van der Waals surface area contributed by atoms with E-state index in [9.17, 15) is 13.2 Å². The molecule has 0 saturated carbocycles. The second kappa shape index (κ2) is 8.06. The van der Waals surface area contributed by atoms with Crippen LogP contribution in [0.5, 0.6) is 0 Å². The predicted molar refractivity (Wildman–Crippen MR) is 69.9 cm³/mol. The smallest absolute Gasteiger partial charge is 0.374 e. The molecule has 102 valence electrons. The molecular formula is C13H13F3N2O. The lowest BCUT2D eigenvalue weighted by molar-refractivity contribution is -0.0882. The molecule has 0 radical (unpaired) electrons. The number of alkyl halides is 3. The van der Waals surface area contributed by atoms with E-state index in [-0.39, 0.29) is 11.3 Å². The molecule has 0 aliphatic carbocycles. The molecule has 19 heavy (non-hydrogen) atoms. The number of aliphatic hydroxyl groups is 1. The molecule has 0 bridgehead atoms. The molecule has 0 aliphatic rings. The van der Waals surface area contributed by atoms with E-state index in [2.05, 4.69) is 22.5 Å². The SMILES string of the molecule is C#CC(=NC=NCO)/C(C)=C/C(=C\C=C)C(F)(F)F. The monoisotopic (exact) mass is 270 g/mol. The summed E-state index contributed by atoms with van der Waals surface area (Å²) in [6.07, 6.45) is 4.36. The van der Waals surface area contributed by atoms with Gasteiger partial charge in [0.1, 0.15) is 18.8 Å². The Hall–Kier alpha value is -2.13. The van der Waals surface area contributed by atoms with Crippen LogP contribution in [0.15, 0.2) is 45.9 Å². The fraction of sp³-hybridized carbons (Fsp3) is 0.231. The van der Waals surface area contributed by atoms with Crippen LogP contribution in [-0.2, 0) is 0 Å². The van der Waals surface area contributed by atoms with Crippen molar-refractivity contribution in [2.75, 3.05) is 6.73 Å². The maximum atomic E-state index is 12.6. The molecule has 0 fully saturated rings. The fourth-order valence-electron chi connectivity index (χ4n) is 1.04. The average molecular weight is 270 g/mol. The van der Waals surface area contributed by atoms with E-state index < -0.39 is 18.5 Å². The van der Waals surface area contributed by atoms with E-state index >= 15 is 0 Å². The Morgan fingerprint density at radius 2 is 2.11 bits per heavy atom. The van der Waals surface area contributed by atoms with Crippen LogP contribution in [0.3, 0.4) is 0 Å². The molecule has 0 aromatic rings. The number of rotatable bonds is 5. The third-order valence-electron chi connectivity index (χ3n) is 1.86. The minimum Gasteiger partial charge on any atom is -0.374 e. The van der Waals surface area contributed by atoms with Crippen LogP contribution in [0, 0.1) is 12.3 Å². The highest BCUT2D eigenvalue weighted by molar-refractivity contribution is 6.14. The Kier molecular flexibility index (Phi) is 7.15. The zero-order chi connectivity index (χ0) is 14.9. The number of aliphatic imine (C=N–C) groups is 2. The van der Waals surface area contributed by atoms with E-state index in [4.69, 9.17) is 11.5 Å². The van der Waals surface area contributed by atoms with Crippen molar-refractivity contribution in [2.24, 2.45) is 9.98 Å². The maximum Gasteiger partial charge on any atom is 0.416 e. The van der Waals surface area contributed by atoms with Crippen molar-refractivity contribution in [1.29, 1.82) is 0 Å². The van der Waals surface area contributed by atoms with Gasteiger partial charge < -0.3 is 5.11 Å². The summed E-state index contributed by atoms with van der Waals surface area (Å²) in [4.78, 5) is 7.04. The van der Waals surface area contributed by atoms with Crippen LogP contribution in [0.4, 0.5) is 13.2 Å². The first-order chi connectivity index (χ1) is 8.86. The first-order valence-corrected chi connectivity index (χ1v) is 5.09. The van der Waals surface area contributed by atoms with Crippen LogP contribution < -0.4 is 0 Å². The molecule has 0 rings (SSSR count). The van der Waals surface area contributed by atoms with Crippen molar-refractivity contribution in [3.63, 3.8) is 0 Å². The van der Waals surface area contributed by atoms with Gasteiger partial charge in [-0.15, -0.1) is 6.42 Å². The Bertz CT molecular complexity index is 477. The summed E-state index contributed by atoms with van der Waals surface area (Å²) >= 11 is 0. The average Bonchev–Trinajstić information content (AvgIpc) is 2.33. The molecule has 0 unspecified atom stereocenters. The third-order valence-corrected chi connectivity index (χ3v) is 1.86. The zero-order valence-electron chi connectivity index (χ0n) is 10.3. The topological polar surface area (TPSA) is 45.0 Å². The highest BCUT2D eigenvalue weighted by atomic mass is 19.4. The predicted octanol–water partition coefficient (Wildman–Crippen LogP) is 2.66. The molecule has 0 saturated heterocycles. The first kappa shape index (κ1) is 16.9.